The normalized spacial score (nSPS) is 19.1. The predicted molar refractivity (Wildman–Crippen MR) is 276 cm³/mol. The van der Waals surface area contributed by atoms with Crippen molar-refractivity contribution in [1.82, 2.24) is 0 Å². The summed E-state index contributed by atoms with van der Waals surface area (Å²) in [5.74, 6) is 0.798. The summed E-state index contributed by atoms with van der Waals surface area (Å²) < 4.78 is 52.9. The summed E-state index contributed by atoms with van der Waals surface area (Å²) in [7, 11) is 1.67. The predicted octanol–water partition coefficient (Wildman–Crippen LogP) is 12.9. The van der Waals surface area contributed by atoms with Crippen molar-refractivity contribution in [2.45, 2.75) is 160 Å². The van der Waals surface area contributed by atoms with Crippen LogP contribution in [0.3, 0.4) is 0 Å². The molecule has 0 saturated carbocycles. The summed E-state index contributed by atoms with van der Waals surface area (Å²) in [6.07, 6.45) is 15.9. The Kier molecular flexibility index (Phi) is 25.1. The number of unbranched alkanes of at least 4 members (excludes halogenated alkanes) is 11. The van der Waals surface area contributed by atoms with Crippen molar-refractivity contribution in [1.29, 1.82) is 0 Å². The van der Waals surface area contributed by atoms with E-state index in [-0.39, 0.29) is 13.2 Å². The monoisotopic (exact) mass is 942 g/mol. The number of nitrogens with two attached hydrogens (primary N) is 1. The number of allylic oxidation sites excluding steroid dienone is 1. The fourth-order valence-electron chi connectivity index (χ4n) is 8.57. The van der Waals surface area contributed by atoms with E-state index in [1.165, 1.54) is 64.2 Å². The topological polar surface area (TPSA) is 99.9 Å². The largest absolute Gasteiger partial charge is 0.497 e. The molecule has 0 aromatic heterocycles. The molecule has 0 amide bonds. The van der Waals surface area contributed by atoms with Gasteiger partial charge >= 0.3 is 0 Å². The molecule has 6 rings (SSSR count). The number of ether oxygens (including phenoxy) is 8. The lowest BCUT2D eigenvalue weighted by Crippen LogP contribution is -2.62. The van der Waals surface area contributed by atoms with Gasteiger partial charge in [0.25, 0.3) is 0 Å². The molecule has 0 unspecified atom stereocenters. The number of rotatable bonds is 34. The van der Waals surface area contributed by atoms with Gasteiger partial charge < -0.3 is 43.6 Å². The van der Waals surface area contributed by atoms with E-state index in [0.29, 0.717) is 33.0 Å². The SMILES string of the molecule is CCCCCCCCCCCCC/C=C/[C@@H](OCc1ccc(OC)cc1)[C@@H](N)CO[C@H]1O[C@H](COCc2ccccc2)[C@@H](OCc2ccccc2)[C@H](OCc2ccccc2)[C@H]1OCc1ccccc1. The maximum atomic E-state index is 7.09. The zero-order chi connectivity index (χ0) is 48.0. The van der Waals surface area contributed by atoms with E-state index in [0.717, 1.165) is 46.4 Å². The van der Waals surface area contributed by atoms with Gasteiger partial charge in [-0.2, -0.15) is 0 Å². The Hall–Kier alpha value is -4.68. The molecule has 1 aliphatic rings. The van der Waals surface area contributed by atoms with Crippen LogP contribution in [0.1, 0.15) is 112 Å². The van der Waals surface area contributed by atoms with Gasteiger partial charge in [0.05, 0.1) is 65.5 Å². The smallest absolute Gasteiger partial charge is 0.187 e. The Morgan fingerprint density at radius 2 is 0.971 bits per heavy atom. The van der Waals surface area contributed by atoms with E-state index >= 15 is 0 Å². The molecule has 9 nitrogen and oxygen atoms in total. The van der Waals surface area contributed by atoms with Crippen molar-refractivity contribution >= 4 is 0 Å². The third-order valence-corrected chi connectivity index (χ3v) is 12.6. The Balaban J connectivity index is 1.19. The Morgan fingerprint density at radius 1 is 0.507 bits per heavy atom. The molecular weight excluding hydrogens is 863 g/mol. The van der Waals surface area contributed by atoms with Gasteiger partial charge in [0.1, 0.15) is 30.2 Å². The zero-order valence-corrected chi connectivity index (χ0v) is 41.3. The second-order valence-electron chi connectivity index (χ2n) is 18.2. The van der Waals surface area contributed by atoms with E-state index in [4.69, 9.17) is 43.6 Å². The van der Waals surface area contributed by atoms with Crippen LogP contribution in [-0.2, 0) is 66.2 Å². The van der Waals surface area contributed by atoms with Crippen molar-refractivity contribution in [2.24, 2.45) is 5.73 Å². The molecule has 0 bridgehead atoms. The minimum atomic E-state index is -0.884. The lowest BCUT2D eigenvalue weighted by molar-refractivity contribution is -0.329. The highest BCUT2D eigenvalue weighted by Crippen LogP contribution is 2.32. The maximum Gasteiger partial charge on any atom is 0.187 e. The highest BCUT2D eigenvalue weighted by Gasteiger charge is 2.49. The minimum absolute atomic E-state index is 0.129. The first-order chi connectivity index (χ1) is 34.1. The molecule has 5 aromatic carbocycles. The quantitative estimate of drug-likeness (QED) is 0.0319. The highest BCUT2D eigenvalue weighted by atomic mass is 16.7. The molecule has 1 heterocycles. The molecule has 5 aromatic rings. The molecule has 1 saturated heterocycles. The van der Waals surface area contributed by atoms with Crippen molar-refractivity contribution in [3.05, 3.63) is 186 Å². The lowest BCUT2D eigenvalue weighted by Gasteiger charge is -2.46. The van der Waals surface area contributed by atoms with E-state index in [1.807, 2.05) is 109 Å². The molecule has 0 aliphatic carbocycles. The van der Waals surface area contributed by atoms with E-state index in [1.54, 1.807) is 7.11 Å². The van der Waals surface area contributed by atoms with Crippen LogP contribution in [0.15, 0.2) is 158 Å². The van der Waals surface area contributed by atoms with Gasteiger partial charge in [-0.1, -0.05) is 217 Å². The zero-order valence-electron chi connectivity index (χ0n) is 41.3. The van der Waals surface area contributed by atoms with Crippen LogP contribution in [0.25, 0.3) is 0 Å². The second kappa shape index (κ2) is 32.3. The highest BCUT2D eigenvalue weighted by molar-refractivity contribution is 5.27. The van der Waals surface area contributed by atoms with E-state index in [9.17, 15) is 0 Å². The van der Waals surface area contributed by atoms with Gasteiger partial charge in [0.2, 0.25) is 0 Å². The second-order valence-corrected chi connectivity index (χ2v) is 18.2. The Labute approximate surface area is 413 Å². The lowest BCUT2D eigenvalue weighted by atomic mass is 9.97. The average molecular weight is 942 g/mol. The first-order valence-corrected chi connectivity index (χ1v) is 25.6. The Morgan fingerprint density at radius 3 is 1.49 bits per heavy atom. The van der Waals surface area contributed by atoms with Gasteiger partial charge in [-0.15, -0.1) is 0 Å². The van der Waals surface area contributed by atoms with Gasteiger partial charge in [-0.3, -0.25) is 0 Å². The average Bonchev–Trinajstić information content (AvgIpc) is 3.40. The summed E-state index contributed by atoms with van der Waals surface area (Å²) >= 11 is 0. The third kappa shape index (κ3) is 19.9. The van der Waals surface area contributed by atoms with Gasteiger partial charge in [0.15, 0.2) is 6.29 Å². The summed E-state index contributed by atoms with van der Waals surface area (Å²) in [4.78, 5) is 0. The van der Waals surface area contributed by atoms with Crippen molar-refractivity contribution in [2.75, 3.05) is 20.3 Å². The van der Waals surface area contributed by atoms with E-state index in [2.05, 4.69) is 55.5 Å². The van der Waals surface area contributed by atoms with E-state index < -0.39 is 42.9 Å². The maximum absolute atomic E-state index is 7.09. The van der Waals surface area contributed by atoms with Gasteiger partial charge in [-0.25, -0.2) is 0 Å². The fourth-order valence-corrected chi connectivity index (χ4v) is 8.57. The molecule has 372 valence electrons. The summed E-state index contributed by atoms with van der Waals surface area (Å²) in [6.45, 7) is 4.40. The van der Waals surface area contributed by atoms with Crippen LogP contribution in [0.2, 0.25) is 0 Å². The molecule has 1 aliphatic heterocycles. The first kappa shape index (κ1) is 53.7. The van der Waals surface area contributed by atoms with Crippen LogP contribution in [-0.4, -0.2) is 63.2 Å². The molecule has 9 heteroatoms. The molecule has 0 radical (unpaired) electrons. The fraction of sp³-hybridized carbons (Fsp3) is 0.467. The molecular formula is C60H79NO8. The third-order valence-electron chi connectivity index (χ3n) is 12.6. The standard InChI is InChI=1S/C60H79NO8/c1-3-4-5-6-7-8-9-10-11-12-13-14-27-36-55(64-42-52-37-39-53(62-2)40-38-52)54(61)46-68-60-59(67-45-51-34-25-18-26-35-51)58(66-44-50-32-23-17-24-33-50)57(65-43-49-30-21-16-22-31-49)56(69-60)47-63-41-48-28-19-15-20-29-48/h15-40,54-60H,3-14,41-47,61H2,1-2H3/b36-27+/t54-,55+,56+,57+,58-,59+,60-/m0/s1. The molecule has 1 fully saturated rings. The van der Waals surface area contributed by atoms with Crippen LogP contribution in [0.5, 0.6) is 5.75 Å². The van der Waals surface area contributed by atoms with Gasteiger partial charge in [0, 0.05) is 0 Å². The first-order valence-electron chi connectivity index (χ1n) is 25.6. The van der Waals surface area contributed by atoms with Crippen molar-refractivity contribution in [3.8, 4) is 5.75 Å². The summed E-state index contributed by atoms with van der Waals surface area (Å²) in [6, 6.07) is 47.9. The Bertz CT molecular complexity index is 2060. The molecule has 0 spiro atoms. The summed E-state index contributed by atoms with van der Waals surface area (Å²) in [5.41, 5.74) is 12.3. The number of benzene rings is 5. The summed E-state index contributed by atoms with van der Waals surface area (Å²) in [5, 5.41) is 0. The number of hydrogen-bond acceptors (Lipinski definition) is 9. The molecule has 69 heavy (non-hydrogen) atoms. The van der Waals surface area contributed by atoms with Crippen LogP contribution in [0, 0.1) is 0 Å². The van der Waals surface area contributed by atoms with Crippen molar-refractivity contribution < 1.29 is 37.9 Å². The van der Waals surface area contributed by atoms with Crippen molar-refractivity contribution in [3.63, 3.8) is 0 Å². The van der Waals surface area contributed by atoms with Gasteiger partial charge in [-0.05, 0) is 52.8 Å². The van der Waals surface area contributed by atoms with Crippen LogP contribution >= 0.6 is 0 Å². The molecule has 2 N–H and O–H groups in total. The van der Waals surface area contributed by atoms with Crippen LogP contribution in [0.4, 0.5) is 0 Å². The number of hydrogen-bond donors (Lipinski definition) is 1. The molecule has 7 atom stereocenters. The van der Waals surface area contributed by atoms with Crippen LogP contribution < -0.4 is 10.5 Å². The number of methoxy groups -OCH3 is 1. The minimum Gasteiger partial charge on any atom is -0.497 e.